The average molecular weight is 301 g/mol. The second-order valence-electron chi connectivity index (χ2n) is 6.55. The minimum absolute atomic E-state index is 0.0193. The Balaban J connectivity index is 1.53. The average Bonchev–Trinajstić information content (AvgIpc) is 2.83. The zero-order chi connectivity index (χ0) is 15.4. The minimum atomic E-state index is -0.0193. The van der Waals surface area contributed by atoms with Crippen molar-refractivity contribution in [2.75, 3.05) is 13.1 Å². The van der Waals surface area contributed by atoms with E-state index < -0.39 is 0 Å². The van der Waals surface area contributed by atoms with Gasteiger partial charge in [0.25, 0.3) is 0 Å². The van der Waals surface area contributed by atoms with Crippen LogP contribution in [0.4, 0.5) is 0 Å². The summed E-state index contributed by atoms with van der Waals surface area (Å²) in [7, 11) is 0. The summed E-state index contributed by atoms with van der Waals surface area (Å²) in [5.74, 6) is 0.153. The summed E-state index contributed by atoms with van der Waals surface area (Å²) >= 11 is 0. The van der Waals surface area contributed by atoms with Crippen LogP contribution in [-0.4, -0.2) is 29.9 Å². The smallest absolute Gasteiger partial charge is 0.237 e. The lowest BCUT2D eigenvalue weighted by Crippen LogP contribution is -2.45. The standard InChI is InChI=1S/C18H27N3O/c1-14(21-8-4-2-3-5-9-21)18(22)20-11-15-6-7-16-12-19-13-17(16)10-15/h6-7,10,14,19H,2-5,8-9,11-13H2,1H3,(H,20,22). The van der Waals surface area contributed by atoms with Crippen LogP contribution in [-0.2, 0) is 24.4 Å². The lowest BCUT2D eigenvalue weighted by atomic mass is 10.1. The summed E-state index contributed by atoms with van der Waals surface area (Å²) < 4.78 is 0. The van der Waals surface area contributed by atoms with Gasteiger partial charge in [0, 0.05) is 19.6 Å². The number of nitrogens with zero attached hydrogens (tertiary/aromatic N) is 1. The predicted molar refractivity (Wildman–Crippen MR) is 88.3 cm³/mol. The molecule has 4 nitrogen and oxygen atoms in total. The second-order valence-corrected chi connectivity index (χ2v) is 6.55. The molecule has 0 spiro atoms. The molecule has 2 N–H and O–H groups in total. The first-order valence-corrected chi connectivity index (χ1v) is 8.57. The van der Waals surface area contributed by atoms with Gasteiger partial charge in [-0.25, -0.2) is 0 Å². The number of amides is 1. The molecule has 1 fully saturated rings. The maximum Gasteiger partial charge on any atom is 0.237 e. The van der Waals surface area contributed by atoms with Gasteiger partial charge in [0.2, 0.25) is 5.91 Å². The Morgan fingerprint density at radius 2 is 1.91 bits per heavy atom. The van der Waals surface area contributed by atoms with Crippen LogP contribution < -0.4 is 10.6 Å². The fraction of sp³-hybridized carbons (Fsp3) is 0.611. The monoisotopic (exact) mass is 301 g/mol. The van der Waals surface area contributed by atoms with Gasteiger partial charge in [-0.3, -0.25) is 9.69 Å². The molecule has 1 aromatic rings. The highest BCUT2D eigenvalue weighted by Gasteiger charge is 2.21. The van der Waals surface area contributed by atoms with Gasteiger partial charge in [-0.05, 0) is 49.5 Å². The molecule has 1 unspecified atom stereocenters. The van der Waals surface area contributed by atoms with Crippen molar-refractivity contribution in [1.82, 2.24) is 15.5 Å². The highest BCUT2D eigenvalue weighted by molar-refractivity contribution is 5.81. The van der Waals surface area contributed by atoms with Crippen LogP contribution >= 0.6 is 0 Å². The third-order valence-electron chi connectivity index (χ3n) is 4.94. The van der Waals surface area contributed by atoms with Gasteiger partial charge in [-0.2, -0.15) is 0 Å². The van der Waals surface area contributed by atoms with Crippen LogP contribution in [0.2, 0.25) is 0 Å². The predicted octanol–water partition coefficient (Wildman–Crippen LogP) is 2.17. The molecule has 1 aromatic carbocycles. The first-order valence-electron chi connectivity index (χ1n) is 8.57. The van der Waals surface area contributed by atoms with Gasteiger partial charge in [-0.15, -0.1) is 0 Å². The Morgan fingerprint density at radius 3 is 2.68 bits per heavy atom. The Labute approximate surface area is 133 Å². The van der Waals surface area contributed by atoms with Gasteiger partial charge in [0.1, 0.15) is 0 Å². The van der Waals surface area contributed by atoms with Crippen molar-refractivity contribution in [3.63, 3.8) is 0 Å². The molecular weight excluding hydrogens is 274 g/mol. The zero-order valence-electron chi connectivity index (χ0n) is 13.5. The summed E-state index contributed by atoms with van der Waals surface area (Å²) in [5.41, 5.74) is 3.94. The van der Waals surface area contributed by atoms with Crippen molar-refractivity contribution in [3.8, 4) is 0 Å². The topological polar surface area (TPSA) is 44.4 Å². The molecule has 2 aliphatic heterocycles. The van der Waals surface area contributed by atoms with E-state index in [1.807, 2.05) is 6.92 Å². The first-order chi connectivity index (χ1) is 10.7. The molecular formula is C18H27N3O. The SMILES string of the molecule is CC(C(=O)NCc1ccc2c(c1)CNC2)N1CCCCCC1. The molecule has 1 atom stereocenters. The number of carbonyl (C=O) groups excluding carboxylic acids is 1. The first kappa shape index (κ1) is 15.5. The number of nitrogens with one attached hydrogen (secondary N) is 2. The van der Waals surface area contributed by atoms with Gasteiger partial charge in [0.15, 0.2) is 0 Å². The van der Waals surface area contributed by atoms with E-state index in [9.17, 15) is 4.79 Å². The third-order valence-corrected chi connectivity index (χ3v) is 4.94. The van der Waals surface area contributed by atoms with Crippen molar-refractivity contribution in [1.29, 1.82) is 0 Å². The van der Waals surface area contributed by atoms with Crippen LogP contribution in [0, 0.1) is 0 Å². The van der Waals surface area contributed by atoms with Gasteiger partial charge in [-0.1, -0.05) is 31.0 Å². The van der Waals surface area contributed by atoms with E-state index in [0.717, 1.165) is 26.2 Å². The van der Waals surface area contributed by atoms with Crippen molar-refractivity contribution < 1.29 is 4.79 Å². The normalized spacial score (nSPS) is 20.2. The number of rotatable bonds is 4. The van der Waals surface area contributed by atoms with E-state index in [0.29, 0.717) is 6.54 Å². The molecule has 1 amide bonds. The Kier molecular flexibility index (Phi) is 5.11. The van der Waals surface area contributed by atoms with E-state index in [1.54, 1.807) is 0 Å². The van der Waals surface area contributed by atoms with Crippen LogP contribution in [0.15, 0.2) is 18.2 Å². The fourth-order valence-corrected chi connectivity index (χ4v) is 3.44. The number of hydrogen-bond donors (Lipinski definition) is 2. The molecule has 4 heteroatoms. The van der Waals surface area contributed by atoms with Crippen LogP contribution in [0.3, 0.4) is 0 Å². The molecule has 0 aromatic heterocycles. The van der Waals surface area contributed by atoms with E-state index in [4.69, 9.17) is 0 Å². The van der Waals surface area contributed by atoms with Crippen molar-refractivity contribution in [2.45, 2.75) is 58.3 Å². The molecule has 120 valence electrons. The third kappa shape index (κ3) is 3.68. The van der Waals surface area contributed by atoms with E-state index in [2.05, 4.69) is 33.7 Å². The Morgan fingerprint density at radius 1 is 1.18 bits per heavy atom. The summed E-state index contributed by atoms with van der Waals surface area (Å²) in [6.07, 6.45) is 5.03. The quantitative estimate of drug-likeness (QED) is 0.896. The number of carbonyl (C=O) groups is 1. The molecule has 0 bridgehead atoms. The summed E-state index contributed by atoms with van der Waals surface area (Å²) in [6, 6.07) is 6.50. The van der Waals surface area contributed by atoms with Gasteiger partial charge >= 0.3 is 0 Å². The van der Waals surface area contributed by atoms with Gasteiger partial charge in [0.05, 0.1) is 6.04 Å². The number of fused-ring (bicyclic) bond motifs is 1. The molecule has 22 heavy (non-hydrogen) atoms. The van der Waals surface area contributed by atoms with Crippen LogP contribution in [0.5, 0.6) is 0 Å². The zero-order valence-corrected chi connectivity index (χ0v) is 13.5. The largest absolute Gasteiger partial charge is 0.351 e. The van der Waals surface area contributed by atoms with Crippen LogP contribution in [0.1, 0.15) is 49.3 Å². The molecule has 0 aliphatic carbocycles. The summed E-state index contributed by atoms with van der Waals surface area (Å²) in [5, 5.41) is 6.46. The lowest BCUT2D eigenvalue weighted by Gasteiger charge is -2.26. The second kappa shape index (κ2) is 7.25. The Bertz CT molecular complexity index is 521. The maximum absolute atomic E-state index is 12.4. The minimum Gasteiger partial charge on any atom is -0.351 e. The van der Waals surface area contributed by atoms with E-state index >= 15 is 0 Å². The number of hydrogen-bond acceptors (Lipinski definition) is 3. The highest BCUT2D eigenvalue weighted by Crippen LogP contribution is 2.17. The van der Waals surface area contributed by atoms with E-state index in [-0.39, 0.29) is 11.9 Å². The van der Waals surface area contributed by atoms with Crippen molar-refractivity contribution >= 4 is 5.91 Å². The van der Waals surface area contributed by atoms with E-state index in [1.165, 1.54) is 42.4 Å². The molecule has 0 radical (unpaired) electrons. The Hall–Kier alpha value is -1.39. The fourth-order valence-electron chi connectivity index (χ4n) is 3.44. The number of benzene rings is 1. The molecule has 1 saturated heterocycles. The molecule has 3 rings (SSSR count). The van der Waals surface area contributed by atoms with Crippen molar-refractivity contribution in [3.05, 3.63) is 34.9 Å². The summed E-state index contributed by atoms with van der Waals surface area (Å²) in [4.78, 5) is 14.7. The summed E-state index contributed by atoms with van der Waals surface area (Å²) in [6.45, 7) is 6.69. The van der Waals surface area contributed by atoms with Gasteiger partial charge < -0.3 is 10.6 Å². The molecule has 2 aliphatic rings. The van der Waals surface area contributed by atoms with Crippen molar-refractivity contribution in [2.24, 2.45) is 0 Å². The lowest BCUT2D eigenvalue weighted by molar-refractivity contribution is -0.126. The molecule has 2 heterocycles. The van der Waals surface area contributed by atoms with Crippen LogP contribution in [0.25, 0.3) is 0 Å². The number of likely N-dealkylation sites (tertiary alicyclic amines) is 1. The highest BCUT2D eigenvalue weighted by atomic mass is 16.2. The maximum atomic E-state index is 12.4. The molecule has 0 saturated carbocycles.